The maximum atomic E-state index is 12.2. The Morgan fingerprint density at radius 2 is 2.00 bits per heavy atom. The normalized spacial score (nSPS) is 11.8. The van der Waals surface area contributed by atoms with Crippen LogP contribution in [0.15, 0.2) is 29.4 Å². The molecule has 0 bridgehead atoms. The van der Waals surface area contributed by atoms with E-state index < -0.39 is 24.3 Å². The molecule has 0 aliphatic heterocycles. The first-order chi connectivity index (χ1) is 7.56. The highest BCUT2D eigenvalue weighted by atomic mass is 19.3. The van der Waals surface area contributed by atoms with Gasteiger partial charge in [0, 0.05) is 0 Å². The van der Waals surface area contributed by atoms with Crippen LogP contribution in [0.5, 0.6) is 5.75 Å². The van der Waals surface area contributed by atoms with Crippen LogP contribution in [0, 0.1) is 0 Å². The number of nitrogens with zero attached hydrogens (tertiary/aromatic N) is 1. The molecule has 0 unspecified atom stereocenters. The molecule has 16 heavy (non-hydrogen) atoms. The Labute approximate surface area is 89.8 Å². The second-order valence-corrected chi connectivity index (χ2v) is 3.01. The Bertz CT molecular complexity index is 418. The minimum absolute atomic E-state index is 0.0794. The van der Waals surface area contributed by atoms with Crippen LogP contribution < -0.4 is 0 Å². The summed E-state index contributed by atoms with van der Waals surface area (Å²) >= 11 is 0. The largest absolute Gasteiger partial charge is 0.507 e. The standard InChI is InChI=1S/C10H9F2NO3/c11-10(12)7(13-16)5-9(15)6-3-1-2-4-8(6)14/h1-4,10,14,16H,5H2/b13-7-. The Hall–Kier alpha value is -1.98. The summed E-state index contributed by atoms with van der Waals surface area (Å²) < 4.78 is 24.3. The topological polar surface area (TPSA) is 69.9 Å². The van der Waals surface area contributed by atoms with Gasteiger partial charge in [-0.3, -0.25) is 4.79 Å². The van der Waals surface area contributed by atoms with Gasteiger partial charge >= 0.3 is 0 Å². The van der Waals surface area contributed by atoms with Crippen molar-refractivity contribution >= 4 is 11.5 Å². The van der Waals surface area contributed by atoms with Crippen LogP contribution in [-0.4, -0.2) is 28.2 Å². The molecule has 0 spiro atoms. The molecule has 0 saturated carbocycles. The summed E-state index contributed by atoms with van der Waals surface area (Å²) in [4.78, 5) is 11.5. The highest BCUT2D eigenvalue weighted by Crippen LogP contribution is 2.18. The lowest BCUT2D eigenvalue weighted by Crippen LogP contribution is -2.16. The molecular weight excluding hydrogens is 220 g/mol. The van der Waals surface area contributed by atoms with Gasteiger partial charge in [0.05, 0.1) is 12.0 Å². The first-order valence-corrected chi connectivity index (χ1v) is 4.36. The Balaban J connectivity index is 2.85. The van der Waals surface area contributed by atoms with Crippen LogP contribution in [-0.2, 0) is 0 Å². The fourth-order valence-corrected chi connectivity index (χ4v) is 1.13. The van der Waals surface area contributed by atoms with E-state index in [1.807, 2.05) is 0 Å². The van der Waals surface area contributed by atoms with Crippen molar-refractivity contribution in [3.8, 4) is 5.75 Å². The Morgan fingerprint density at radius 3 is 2.50 bits per heavy atom. The highest BCUT2D eigenvalue weighted by Gasteiger charge is 2.20. The van der Waals surface area contributed by atoms with Gasteiger partial charge in [-0.2, -0.15) is 0 Å². The van der Waals surface area contributed by atoms with Gasteiger partial charge in [0.2, 0.25) is 0 Å². The van der Waals surface area contributed by atoms with E-state index in [0.29, 0.717) is 0 Å². The molecule has 1 rings (SSSR count). The van der Waals surface area contributed by atoms with Crippen molar-refractivity contribution in [3.05, 3.63) is 29.8 Å². The van der Waals surface area contributed by atoms with Crippen molar-refractivity contribution in [2.75, 3.05) is 0 Å². The first kappa shape index (κ1) is 12.1. The fraction of sp³-hybridized carbons (Fsp3) is 0.200. The number of carbonyl (C=O) groups excluding carboxylic acids is 1. The van der Waals surface area contributed by atoms with Crippen molar-refractivity contribution < 1.29 is 23.9 Å². The summed E-state index contributed by atoms with van der Waals surface area (Å²) in [6, 6.07) is 5.56. The average Bonchev–Trinajstić information content (AvgIpc) is 2.25. The molecule has 0 aliphatic carbocycles. The number of Topliss-reactive ketones (excluding diaryl/α,β-unsaturated/α-hetero) is 1. The first-order valence-electron chi connectivity index (χ1n) is 4.36. The van der Waals surface area contributed by atoms with Crippen molar-refractivity contribution in [1.82, 2.24) is 0 Å². The number of benzene rings is 1. The number of ketones is 1. The molecule has 4 nitrogen and oxygen atoms in total. The quantitative estimate of drug-likeness (QED) is 0.359. The number of phenolic OH excluding ortho intramolecular Hbond substituents is 1. The second-order valence-electron chi connectivity index (χ2n) is 3.01. The van der Waals surface area contributed by atoms with Gasteiger partial charge in [0.1, 0.15) is 11.5 Å². The lowest BCUT2D eigenvalue weighted by atomic mass is 10.0. The van der Waals surface area contributed by atoms with Gasteiger partial charge in [-0.1, -0.05) is 17.3 Å². The summed E-state index contributed by atoms with van der Waals surface area (Å²) in [7, 11) is 0. The van der Waals surface area contributed by atoms with Crippen LogP contribution >= 0.6 is 0 Å². The smallest absolute Gasteiger partial charge is 0.280 e. The third kappa shape index (κ3) is 2.75. The van der Waals surface area contributed by atoms with E-state index in [-0.39, 0.29) is 11.3 Å². The summed E-state index contributed by atoms with van der Waals surface area (Å²) in [5, 5.41) is 19.9. The van der Waals surface area contributed by atoms with Gasteiger partial charge < -0.3 is 10.3 Å². The van der Waals surface area contributed by atoms with E-state index in [4.69, 9.17) is 5.21 Å². The van der Waals surface area contributed by atoms with Gasteiger partial charge in [-0.25, -0.2) is 8.78 Å². The third-order valence-corrected chi connectivity index (χ3v) is 1.93. The molecule has 86 valence electrons. The molecule has 0 amide bonds. The Kier molecular flexibility index (Phi) is 3.93. The number of oxime groups is 1. The highest BCUT2D eigenvalue weighted by molar-refractivity contribution is 6.11. The molecule has 6 heteroatoms. The maximum absolute atomic E-state index is 12.2. The van der Waals surface area contributed by atoms with Crippen LogP contribution in [0.25, 0.3) is 0 Å². The zero-order chi connectivity index (χ0) is 12.1. The summed E-state index contributed by atoms with van der Waals surface area (Å²) in [6.45, 7) is 0. The monoisotopic (exact) mass is 229 g/mol. The minimum atomic E-state index is -3.00. The zero-order valence-electron chi connectivity index (χ0n) is 8.10. The molecular formula is C10H9F2NO3. The minimum Gasteiger partial charge on any atom is -0.507 e. The number of halogens is 2. The van der Waals surface area contributed by atoms with Crippen molar-refractivity contribution in [2.24, 2.45) is 5.16 Å². The molecule has 0 radical (unpaired) electrons. The molecule has 0 heterocycles. The lowest BCUT2D eigenvalue weighted by Gasteiger charge is -2.04. The molecule has 0 aliphatic rings. The number of rotatable bonds is 4. The van der Waals surface area contributed by atoms with E-state index in [0.717, 1.165) is 0 Å². The number of hydrogen-bond acceptors (Lipinski definition) is 4. The fourth-order valence-electron chi connectivity index (χ4n) is 1.13. The number of para-hydroxylation sites is 1. The number of carbonyl (C=O) groups is 1. The van der Waals surface area contributed by atoms with Crippen LogP contribution in [0.2, 0.25) is 0 Å². The number of alkyl halides is 2. The predicted molar refractivity (Wildman–Crippen MR) is 52.3 cm³/mol. The van der Waals surface area contributed by atoms with Gasteiger partial charge in [-0.05, 0) is 12.1 Å². The van der Waals surface area contributed by atoms with Gasteiger partial charge in [0.25, 0.3) is 6.43 Å². The summed E-state index contributed by atoms with van der Waals surface area (Å²) in [5.41, 5.74) is -1.00. The van der Waals surface area contributed by atoms with Crippen molar-refractivity contribution in [3.63, 3.8) is 0 Å². The van der Waals surface area contributed by atoms with E-state index in [2.05, 4.69) is 5.16 Å². The molecule has 0 aromatic heterocycles. The van der Waals surface area contributed by atoms with E-state index in [1.165, 1.54) is 24.3 Å². The second kappa shape index (κ2) is 5.20. The van der Waals surface area contributed by atoms with Gasteiger partial charge in [0.15, 0.2) is 5.78 Å². The Morgan fingerprint density at radius 1 is 1.38 bits per heavy atom. The molecule has 0 saturated heterocycles. The van der Waals surface area contributed by atoms with E-state index in [1.54, 1.807) is 0 Å². The third-order valence-electron chi connectivity index (χ3n) is 1.93. The number of hydrogen-bond donors (Lipinski definition) is 2. The SMILES string of the molecule is O=C(C/C(=N/O)C(F)F)c1ccccc1O. The predicted octanol–water partition coefficient (Wildman–Crippen LogP) is 2.06. The zero-order valence-corrected chi connectivity index (χ0v) is 8.10. The number of aromatic hydroxyl groups is 1. The maximum Gasteiger partial charge on any atom is 0.280 e. The molecule has 1 aromatic rings. The molecule has 0 atom stereocenters. The molecule has 1 aromatic carbocycles. The van der Waals surface area contributed by atoms with E-state index >= 15 is 0 Å². The van der Waals surface area contributed by atoms with E-state index in [9.17, 15) is 18.7 Å². The lowest BCUT2D eigenvalue weighted by molar-refractivity contribution is 0.0989. The average molecular weight is 229 g/mol. The molecule has 2 N–H and O–H groups in total. The summed E-state index contributed by atoms with van der Waals surface area (Å²) in [5.74, 6) is -1.02. The van der Waals surface area contributed by atoms with Crippen LogP contribution in [0.1, 0.15) is 16.8 Å². The molecule has 0 fully saturated rings. The van der Waals surface area contributed by atoms with Crippen LogP contribution in [0.3, 0.4) is 0 Å². The van der Waals surface area contributed by atoms with Crippen LogP contribution in [0.4, 0.5) is 8.78 Å². The summed E-state index contributed by atoms with van der Waals surface area (Å²) in [6.07, 6.45) is -3.73. The van der Waals surface area contributed by atoms with Crippen molar-refractivity contribution in [2.45, 2.75) is 12.8 Å². The van der Waals surface area contributed by atoms with Crippen molar-refractivity contribution in [1.29, 1.82) is 0 Å². The van der Waals surface area contributed by atoms with Gasteiger partial charge in [-0.15, -0.1) is 0 Å². The number of phenols is 1.